The van der Waals surface area contributed by atoms with Crippen molar-refractivity contribution in [3.8, 4) is 11.8 Å². The van der Waals surface area contributed by atoms with Gasteiger partial charge in [0.25, 0.3) is 0 Å². The summed E-state index contributed by atoms with van der Waals surface area (Å²) < 4.78 is 0. The van der Waals surface area contributed by atoms with E-state index < -0.39 is 0 Å². The van der Waals surface area contributed by atoms with Crippen molar-refractivity contribution in [2.45, 2.75) is 39.3 Å². The van der Waals surface area contributed by atoms with Gasteiger partial charge in [0.1, 0.15) is 0 Å². The Hall–Kier alpha value is -0.820. The lowest BCUT2D eigenvalue weighted by molar-refractivity contribution is 0.144. The maximum Gasteiger partial charge on any atom is 0.0772 e. The van der Waals surface area contributed by atoms with Gasteiger partial charge >= 0.3 is 0 Å². The Labute approximate surface area is 109 Å². The Morgan fingerprint density at radius 2 is 2.12 bits per heavy atom. The lowest BCUT2D eigenvalue weighted by Crippen LogP contribution is -2.39. The molecule has 1 aromatic rings. The molecule has 0 atom stereocenters. The van der Waals surface area contributed by atoms with Gasteiger partial charge in [0, 0.05) is 17.0 Å². The topological polar surface area (TPSA) is 29.3 Å². The minimum atomic E-state index is 0.243. The summed E-state index contributed by atoms with van der Waals surface area (Å²) in [5.41, 5.74) is 5.60. The van der Waals surface area contributed by atoms with Crippen LogP contribution in [0.3, 0.4) is 0 Å². The summed E-state index contributed by atoms with van der Waals surface area (Å²) in [6.45, 7) is 8.18. The summed E-state index contributed by atoms with van der Waals surface area (Å²) in [5, 5.41) is 0. The van der Waals surface area contributed by atoms with Crippen LogP contribution in [-0.2, 0) is 6.54 Å². The number of nitrogens with zero attached hydrogens (tertiary/aromatic N) is 1. The van der Waals surface area contributed by atoms with E-state index >= 15 is 0 Å². The molecular formula is C14H22N2S. The first-order valence-corrected chi connectivity index (χ1v) is 6.80. The molecule has 1 heterocycles. The van der Waals surface area contributed by atoms with E-state index in [1.54, 1.807) is 11.3 Å². The second-order valence-electron chi connectivity index (χ2n) is 4.79. The van der Waals surface area contributed by atoms with E-state index in [9.17, 15) is 0 Å². The highest BCUT2D eigenvalue weighted by molar-refractivity contribution is 7.12. The zero-order valence-corrected chi connectivity index (χ0v) is 12.0. The quantitative estimate of drug-likeness (QED) is 0.833. The van der Waals surface area contributed by atoms with Crippen LogP contribution in [0, 0.1) is 11.8 Å². The average Bonchev–Trinajstić information content (AvgIpc) is 2.74. The van der Waals surface area contributed by atoms with Crippen LogP contribution in [0.15, 0.2) is 12.1 Å². The monoisotopic (exact) mass is 250 g/mol. The lowest BCUT2D eigenvalue weighted by Gasteiger charge is -2.34. The Morgan fingerprint density at radius 3 is 2.71 bits per heavy atom. The smallest absolute Gasteiger partial charge is 0.0772 e. The normalized spacial score (nSPS) is 11.4. The van der Waals surface area contributed by atoms with Gasteiger partial charge in [-0.15, -0.1) is 11.3 Å². The molecule has 0 amide bonds. The van der Waals surface area contributed by atoms with Crippen molar-refractivity contribution in [2.75, 3.05) is 13.6 Å². The molecule has 1 rings (SSSR count). The van der Waals surface area contributed by atoms with E-state index in [2.05, 4.69) is 56.7 Å². The summed E-state index contributed by atoms with van der Waals surface area (Å²) in [7, 11) is 2.18. The maximum atomic E-state index is 5.36. The largest absolute Gasteiger partial charge is 0.320 e. The lowest BCUT2D eigenvalue weighted by atomic mass is 10.00. The third-order valence-corrected chi connectivity index (χ3v) is 4.25. The molecule has 3 heteroatoms. The number of nitrogens with two attached hydrogens (primary N) is 1. The van der Waals surface area contributed by atoms with Gasteiger partial charge in [-0.2, -0.15) is 0 Å². The van der Waals surface area contributed by atoms with Crippen LogP contribution in [0.25, 0.3) is 0 Å². The van der Waals surface area contributed by atoms with E-state index in [-0.39, 0.29) is 5.54 Å². The fraction of sp³-hybridized carbons (Fsp3) is 0.571. The molecule has 0 aromatic carbocycles. The van der Waals surface area contributed by atoms with Crippen molar-refractivity contribution >= 4 is 11.3 Å². The van der Waals surface area contributed by atoms with E-state index in [1.807, 2.05) is 0 Å². The predicted octanol–water partition coefficient (Wildman–Crippen LogP) is 2.68. The number of thiophene rings is 1. The van der Waals surface area contributed by atoms with Crippen molar-refractivity contribution in [1.82, 2.24) is 4.90 Å². The first-order chi connectivity index (χ1) is 7.99. The molecule has 0 spiro atoms. The summed E-state index contributed by atoms with van der Waals surface area (Å²) in [4.78, 5) is 4.85. The Balaban J connectivity index is 2.66. The van der Waals surface area contributed by atoms with Crippen LogP contribution in [0.5, 0.6) is 0 Å². The highest BCUT2D eigenvalue weighted by Crippen LogP contribution is 2.22. The van der Waals surface area contributed by atoms with Crippen molar-refractivity contribution < 1.29 is 0 Å². The molecule has 0 saturated heterocycles. The minimum absolute atomic E-state index is 0.243. The second-order valence-corrected chi connectivity index (χ2v) is 5.96. The summed E-state index contributed by atoms with van der Waals surface area (Å²) in [5.74, 6) is 5.96. The first kappa shape index (κ1) is 14.2. The summed E-state index contributed by atoms with van der Waals surface area (Å²) in [6.07, 6.45) is 1.15. The van der Waals surface area contributed by atoms with Gasteiger partial charge in [-0.1, -0.05) is 18.8 Å². The van der Waals surface area contributed by atoms with E-state index in [1.165, 1.54) is 4.88 Å². The molecule has 0 bridgehead atoms. The van der Waals surface area contributed by atoms with Gasteiger partial charge in [-0.3, -0.25) is 4.90 Å². The molecule has 94 valence electrons. The van der Waals surface area contributed by atoms with Crippen molar-refractivity contribution in [3.05, 3.63) is 21.9 Å². The Kier molecular flexibility index (Phi) is 5.20. The number of hydrogen-bond donors (Lipinski definition) is 1. The summed E-state index contributed by atoms with van der Waals surface area (Å²) >= 11 is 1.76. The van der Waals surface area contributed by atoms with Crippen molar-refractivity contribution in [3.63, 3.8) is 0 Å². The molecule has 0 fully saturated rings. The standard InChI is InChI=1S/C14H22N2S/c1-5-14(2,3)16(4)11-13-9-8-12(17-13)7-6-10-15/h8-9H,5,10-11,15H2,1-4H3. The zero-order chi connectivity index (χ0) is 12.9. The third kappa shape index (κ3) is 4.16. The molecule has 2 N–H and O–H groups in total. The van der Waals surface area contributed by atoms with Crippen molar-refractivity contribution in [1.29, 1.82) is 0 Å². The van der Waals surface area contributed by atoms with Gasteiger partial charge in [0.15, 0.2) is 0 Å². The molecule has 1 aromatic heterocycles. The van der Waals surface area contributed by atoms with E-state index in [0.717, 1.165) is 17.8 Å². The maximum absolute atomic E-state index is 5.36. The highest BCUT2D eigenvalue weighted by Gasteiger charge is 2.21. The average molecular weight is 250 g/mol. The molecule has 0 aliphatic rings. The fourth-order valence-electron chi connectivity index (χ4n) is 1.39. The van der Waals surface area contributed by atoms with Crippen LogP contribution >= 0.6 is 11.3 Å². The second kappa shape index (κ2) is 6.20. The summed E-state index contributed by atoms with van der Waals surface area (Å²) in [6, 6.07) is 4.24. The van der Waals surface area contributed by atoms with Crippen LogP contribution < -0.4 is 5.73 Å². The fourth-order valence-corrected chi connectivity index (χ4v) is 2.32. The molecule has 0 saturated carbocycles. The van der Waals surface area contributed by atoms with Gasteiger partial charge in [-0.25, -0.2) is 0 Å². The van der Waals surface area contributed by atoms with Gasteiger partial charge < -0.3 is 5.73 Å². The zero-order valence-electron chi connectivity index (χ0n) is 11.2. The highest BCUT2D eigenvalue weighted by atomic mass is 32.1. The van der Waals surface area contributed by atoms with Crippen molar-refractivity contribution in [2.24, 2.45) is 5.73 Å². The van der Waals surface area contributed by atoms with Crippen LogP contribution in [0.4, 0.5) is 0 Å². The van der Waals surface area contributed by atoms with Crippen LogP contribution in [-0.4, -0.2) is 24.0 Å². The number of hydrogen-bond acceptors (Lipinski definition) is 3. The SMILES string of the molecule is CCC(C)(C)N(C)Cc1ccc(C#CCN)s1. The molecule has 0 aliphatic carbocycles. The van der Waals surface area contributed by atoms with Gasteiger partial charge in [0.05, 0.1) is 11.4 Å². The van der Waals surface area contributed by atoms with Crippen LogP contribution in [0.2, 0.25) is 0 Å². The van der Waals surface area contributed by atoms with E-state index in [0.29, 0.717) is 6.54 Å². The van der Waals surface area contributed by atoms with Gasteiger partial charge in [-0.05, 0) is 39.4 Å². The van der Waals surface area contributed by atoms with Crippen LogP contribution in [0.1, 0.15) is 36.9 Å². The first-order valence-electron chi connectivity index (χ1n) is 5.98. The minimum Gasteiger partial charge on any atom is -0.320 e. The third-order valence-electron chi connectivity index (χ3n) is 3.27. The predicted molar refractivity (Wildman–Crippen MR) is 76.1 cm³/mol. The molecule has 0 unspecified atom stereocenters. The van der Waals surface area contributed by atoms with E-state index in [4.69, 9.17) is 5.73 Å². The number of rotatable bonds is 4. The molecule has 2 nitrogen and oxygen atoms in total. The molecular weight excluding hydrogens is 228 g/mol. The Morgan fingerprint density at radius 1 is 1.41 bits per heavy atom. The molecule has 0 radical (unpaired) electrons. The molecule has 17 heavy (non-hydrogen) atoms. The molecule has 0 aliphatic heterocycles. The Bertz CT molecular complexity index is 409. The van der Waals surface area contributed by atoms with Gasteiger partial charge in [0.2, 0.25) is 0 Å².